The van der Waals surface area contributed by atoms with E-state index < -0.39 is 11.9 Å². The number of alkyl halides is 1. The largest absolute Gasteiger partial charge is 0.478 e. The molecule has 98 valence electrons. The van der Waals surface area contributed by atoms with E-state index in [-0.39, 0.29) is 23.4 Å². The predicted octanol–water partition coefficient (Wildman–Crippen LogP) is 2.48. The number of carboxylic acids is 1. The molecule has 0 fully saturated rings. The third kappa shape index (κ3) is 4.17. The number of nitrogens with two attached hydrogens (primary N) is 1. The first kappa shape index (κ1) is 14.7. The molecule has 1 aromatic carbocycles. The average Bonchev–Trinajstić information content (AvgIpc) is 2.29. The van der Waals surface area contributed by atoms with E-state index in [4.69, 9.17) is 15.6 Å². The molecule has 0 bridgehead atoms. The van der Waals surface area contributed by atoms with Gasteiger partial charge in [0.2, 0.25) is 0 Å². The second kappa shape index (κ2) is 6.58. The van der Waals surface area contributed by atoms with Gasteiger partial charge < -0.3 is 15.6 Å². The van der Waals surface area contributed by atoms with Crippen LogP contribution in [0.5, 0.6) is 5.75 Å². The summed E-state index contributed by atoms with van der Waals surface area (Å²) >= 11 is 2.22. The maximum atomic E-state index is 11.5. The van der Waals surface area contributed by atoms with Crippen molar-refractivity contribution >= 4 is 40.2 Å². The van der Waals surface area contributed by atoms with E-state index in [2.05, 4.69) is 22.6 Å². The van der Waals surface area contributed by atoms with E-state index in [1.54, 1.807) is 0 Å². The number of carbonyl (C=O) groups is 2. The maximum Gasteiger partial charge on any atom is 0.337 e. The highest BCUT2D eigenvalue weighted by Crippen LogP contribution is 2.25. The third-order valence-corrected chi connectivity index (χ3v) is 2.89. The number of para-hydroxylation sites is 1. The van der Waals surface area contributed by atoms with Crippen molar-refractivity contribution in [1.82, 2.24) is 0 Å². The smallest absolute Gasteiger partial charge is 0.337 e. The predicted molar refractivity (Wildman–Crippen MR) is 76.2 cm³/mol. The van der Waals surface area contributed by atoms with E-state index in [0.29, 0.717) is 10.3 Å². The molecule has 1 aromatic rings. The van der Waals surface area contributed by atoms with Gasteiger partial charge in [-0.05, 0) is 18.6 Å². The molecular formula is C12H14INO4. The molecule has 6 heteroatoms. The van der Waals surface area contributed by atoms with Crippen molar-refractivity contribution in [3.05, 3.63) is 23.8 Å². The minimum Gasteiger partial charge on any atom is -0.478 e. The van der Waals surface area contributed by atoms with Gasteiger partial charge in [0.25, 0.3) is 0 Å². The molecule has 0 aliphatic heterocycles. The molecule has 1 atom stereocenters. The van der Waals surface area contributed by atoms with Crippen LogP contribution in [0.4, 0.5) is 5.69 Å². The molecular weight excluding hydrogens is 349 g/mol. The first-order chi connectivity index (χ1) is 8.41. The van der Waals surface area contributed by atoms with Crippen LogP contribution in [0.3, 0.4) is 0 Å². The number of esters is 1. The Bertz CT molecular complexity index is 459. The average molecular weight is 363 g/mol. The molecule has 5 nitrogen and oxygen atoms in total. The SMILES string of the molecule is CC(I)CCC(=O)Oc1cccc(C(=O)O)c1N. The van der Waals surface area contributed by atoms with Crippen LogP contribution in [-0.2, 0) is 4.79 Å². The molecule has 1 rings (SSSR count). The normalized spacial score (nSPS) is 11.9. The molecule has 18 heavy (non-hydrogen) atoms. The Morgan fingerprint density at radius 3 is 2.72 bits per heavy atom. The Morgan fingerprint density at radius 2 is 2.17 bits per heavy atom. The quantitative estimate of drug-likeness (QED) is 0.276. The standard InChI is InChI=1S/C12H14INO4/c1-7(13)5-6-10(15)18-9-4-2-3-8(11(9)14)12(16)17/h2-4,7H,5-6,14H2,1H3,(H,16,17). The number of halogens is 1. The summed E-state index contributed by atoms with van der Waals surface area (Å²) in [6, 6.07) is 4.33. The van der Waals surface area contributed by atoms with E-state index in [1.165, 1.54) is 18.2 Å². The Balaban J connectivity index is 2.76. The summed E-state index contributed by atoms with van der Waals surface area (Å²) in [5.41, 5.74) is 5.53. The van der Waals surface area contributed by atoms with Gasteiger partial charge in [-0.15, -0.1) is 0 Å². The zero-order chi connectivity index (χ0) is 13.7. The summed E-state index contributed by atoms with van der Waals surface area (Å²) in [4.78, 5) is 22.4. The van der Waals surface area contributed by atoms with Crippen LogP contribution in [0.1, 0.15) is 30.1 Å². The summed E-state index contributed by atoms with van der Waals surface area (Å²) in [5.74, 6) is -1.46. The van der Waals surface area contributed by atoms with Crippen molar-refractivity contribution < 1.29 is 19.4 Å². The van der Waals surface area contributed by atoms with Gasteiger partial charge in [0.15, 0.2) is 5.75 Å². The van der Waals surface area contributed by atoms with Crippen molar-refractivity contribution in [3.8, 4) is 5.75 Å². The minimum absolute atomic E-state index is 0.0270. The number of hydrogen-bond acceptors (Lipinski definition) is 4. The number of rotatable bonds is 5. The van der Waals surface area contributed by atoms with Gasteiger partial charge in [0.05, 0.1) is 11.3 Å². The number of carboxylic acid groups (broad SMARTS) is 1. The first-order valence-corrected chi connectivity index (χ1v) is 6.63. The maximum absolute atomic E-state index is 11.5. The van der Waals surface area contributed by atoms with Crippen LogP contribution < -0.4 is 10.5 Å². The van der Waals surface area contributed by atoms with Gasteiger partial charge in [-0.25, -0.2) is 4.79 Å². The van der Waals surface area contributed by atoms with Crippen LogP contribution in [0.25, 0.3) is 0 Å². The lowest BCUT2D eigenvalue weighted by Crippen LogP contribution is -2.12. The number of anilines is 1. The molecule has 3 N–H and O–H groups in total. The molecule has 1 unspecified atom stereocenters. The van der Waals surface area contributed by atoms with Gasteiger partial charge >= 0.3 is 11.9 Å². The van der Waals surface area contributed by atoms with Crippen LogP contribution in [0.2, 0.25) is 0 Å². The first-order valence-electron chi connectivity index (χ1n) is 5.38. The number of benzene rings is 1. The second-order valence-corrected chi connectivity index (χ2v) is 5.94. The topological polar surface area (TPSA) is 89.6 Å². The number of ether oxygens (including phenoxy) is 1. The van der Waals surface area contributed by atoms with Crippen molar-refractivity contribution in [2.45, 2.75) is 23.7 Å². The fourth-order valence-electron chi connectivity index (χ4n) is 1.31. The zero-order valence-corrected chi connectivity index (χ0v) is 12.0. The molecule has 0 spiro atoms. The summed E-state index contributed by atoms with van der Waals surface area (Å²) in [7, 11) is 0. The molecule has 0 aliphatic rings. The van der Waals surface area contributed by atoms with Crippen molar-refractivity contribution in [2.24, 2.45) is 0 Å². The molecule has 0 aliphatic carbocycles. The Hall–Kier alpha value is -1.31. The fourth-order valence-corrected chi connectivity index (χ4v) is 1.62. The van der Waals surface area contributed by atoms with Crippen LogP contribution in [0, 0.1) is 0 Å². The summed E-state index contributed by atoms with van der Waals surface area (Å²) < 4.78 is 5.43. The van der Waals surface area contributed by atoms with Crippen LogP contribution in [0.15, 0.2) is 18.2 Å². The Kier molecular flexibility index (Phi) is 5.39. The Morgan fingerprint density at radius 1 is 1.50 bits per heavy atom. The lowest BCUT2D eigenvalue weighted by atomic mass is 10.1. The lowest BCUT2D eigenvalue weighted by Gasteiger charge is -2.09. The minimum atomic E-state index is -1.15. The number of nitrogen functional groups attached to an aromatic ring is 1. The van der Waals surface area contributed by atoms with Gasteiger partial charge in [-0.2, -0.15) is 0 Å². The molecule has 0 heterocycles. The van der Waals surface area contributed by atoms with Crippen molar-refractivity contribution in [1.29, 1.82) is 0 Å². The fraction of sp³-hybridized carbons (Fsp3) is 0.333. The van der Waals surface area contributed by atoms with Crippen LogP contribution in [-0.4, -0.2) is 21.0 Å². The molecule has 0 radical (unpaired) electrons. The summed E-state index contributed by atoms with van der Waals surface area (Å²) in [6.45, 7) is 1.99. The third-order valence-electron chi connectivity index (χ3n) is 2.27. The number of aromatic carboxylic acids is 1. The van der Waals surface area contributed by atoms with Gasteiger partial charge in [-0.1, -0.05) is 35.6 Å². The highest BCUT2D eigenvalue weighted by molar-refractivity contribution is 14.1. The van der Waals surface area contributed by atoms with Gasteiger partial charge in [-0.3, -0.25) is 4.79 Å². The molecule has 0 saturated carbocycles. The van der Waals surface area contributed by atoms with Gasteiger partial charge in [0.1, 0.15) is 0 Å². The summed E-state index contributed by atoms with van der Waals surface area (Å²) in [5, 5.41) is 8.88. The highest BCUT2D eigenvalue weighted by atomic mass is 127. The van der Waals surface area contributed by atoms with E-state index in [1.807, 2.05) is 6.92 Å². The van der Waals surface area contributed by atoms with Crippen molar-refractivity contribution in [2.75, 3.05) is 5.73 Å². The monoisotopic (exact) mass is 363 g/mol. The molecule has 0 saturated heterocycles. The molecule has 0 aromatic heterocycles. The Labute approximate surface area is 118 Å². The molecule has 0 amide bonds. The zero-order valence-electron chi connectivity index (χ0n) is 9.85. The van der Waals surface area contributed by atoms with E-state index in [9.17, 15) is 9.59 Å². The van der Waals surface area contributed by atoms with E-state index >= 15 is 0 Å². The lowest BCUT2D eigenvalue weighted by molar-refractivity contribution is -0.134. The highest BCUT2D eigenvalue weighted by Gasteiger charge is 2.14. The second-order valence-electron chi connectivity index (χ2n) is 3.82. The van der Waals surface area contributed by atoms with Gasteiger partial charge in [0, 0.05) is 10.3 Å². The van der Waals surface area contributed by atoms with Crippen molar-refractivity contribution in [3.63, 3.8) is 0 Å². The van der Waals surface area contributed by atoms with E-state index in [0.717, 1.165) is 0 Å². The van der Waals surface area contributed by atoms with Crippen LogP contribution >= 0.6 is 22.6 Å². The summed E-state index contributed by atoms with van der Waals surface area (Å²) in [6.07, 6.45) is 0.985. The number of hydrogen-bond donors (Lipinski definition) is 2. The number of carbonyl (C=O) groups excluding carboxylic acids is 1.